The number of nitriles is 1. The summed E-state index contributed by atoms with van der Waals surface area (Å²) >= 11 is 6.34. The Morgan fingerprint density at radius 3 is 2.63 bits per heavy atom. The van der Waals surface area contributed by atoms with Crippen LogP contribution in [-0.4, -0.2) is 11.0 Å². The molecule has 2 atom stereocenters. The number of benzene rings is 3. The van der Waals surface area contributed by atoms with Gasteiger partial charge in [-0.25, -0.2) is 0 Å². The molecule has 5 heteroatoms. The molecule has 4 nitrogen and oxygen atoms in total. The number of aryl methyl sites for hydroxylation is 2. The van der Waals surface area contributed by atoms with Crippen LogP contribution in [0.1, 0.15) is 59.5 Å². The molecule has 0 spiro atoms. The SMILES string of the molecule is Cc1ccc(OC(=O)CCC2CCc3c([nH]c4ccc(Cl)cc34)C(c3ccc(C#N)cc3)C2)cc1. The van der Waals surface area contributed by atoms with Crippen molar-refractivity contribution in [3.8, 4) is 11.8 Å². The maximum atomic E-state index is 12.6. The number of aromatic nitrogens is 1. The second-order valence-electron chi connectivity index (χ2n) is 9.46. The number of hydrogen-bond acceptors (Lipinski definition) is 3. The summed E-state index contributed by atoms with van der Waals surface area (Å²) in [4.78, 5) is 16.2. The summed E-state index contributed by atoms with van der Waals surface area (Å²) in [7, 11) is 0. The van der Waals surface area contributed by atoms with Crippen molar-refractivity contribution in [1.82, 2.24) is 4.98 Å². The first-order chi connectivity index (χ1) is 17.0. The Balaban J connectivity index is 1.38. The lowest BCUT2D eigenvalue weighted by Gasteiger charge is -2.21. The highest BCUT2D eigenvalue weighted by atomic mass is 35.5. The third-order valence-corrected chi connectivity index (χ3v) is 7.31. The van der Waals surface area contributed by atoms with Crippen LogP contribution in [0.4, 0.5) is 0 Å². The van der Waals surface area contributed by atoms with E-state index < -0.39 is 0 Å². The summed E-state index contributed by atoms with van der Waals surface area (Å²) in [5.74, 6) is 0.930. The fourth-order valence-electron chi connectivity index (χ4n) is 5.19. The number of nitrogens with one attached hydrogen (secondary N) is 1. The molecule has 4 aromatic rings. The molecule has 0 amide bonds. The van der Waals surface area contributed by atoms with Crippen molar-refractivity contribution in [1.29, 1.82) is 5.26 Å². The normalized spacial score (nSPS) is 17.4. The summed E-state index contributed by atoms with van der Waals surface area (Å²) in [5.41, 5.74) is 6.59. The van der Waals surface area contributed by atoms with E-state index in [2.05, 4.69) is 23.2 Å². The predicted octanol–water partition coefficient (Wildman–Crippen LogP) is 7.47. The number of fused-ring (bicyclic) bond motifs is 3. The lowest BCUT2D eigenvalue weighted by Crippen LogP contribution is -2.13. The monoisotopic (exact) mass is 482 g/mol. The number of halogens is 1. The second kappa shape index (κ2) is 9.98. The molecule has 35 heavy (non-hydrogen) atoms. The minimum absolute atomic E-state index is 0.157. The summed E-state index contributed by atoms with van der Waals surface area (Å²) in [6, 6.07) is 23.6. The molecule has 1 aromatic heterocycles. The Kier molecular flexibility index (Phi) is 6.61. The summed E-state index contributed by atoms with van der Waals surface area (Å²) in [6.45, 7) is 2.01. The molecule has 5 rings (SSSR count). The molecule has 0 radical (unpaired) electrons. The average molecular weight is 483 g/mol. The maximum absolute atomic E-state index is 12.6. The fraction of sp³-hybridized carbons (Fsp3) is 0.267. The predicted molar refractivity (Wildman–Crippen MR) is 139 cm³/mol. The van der Waals surface area contributed by atoms with Crippen LogP contribution >= 0.6 is 11.6 Å². The third-order valence-electron chi connectivity index (χ3n) is 7.07. The lowest BCUT2D eigenvalue weighted by atomic mass is 9.85. The van der Waals surface area contributed by atoms with Gasteiger partial charge in [0.2, 0.25) is 0 Å². The molecule has 1 aliphatic carbocycles. The zero-order valence-electron chi connectivity index (χ0n) is 19.7. The molecular formula is C30H27ClN2O2. The Labute approximate surface area is 210 Å². The van der Waals surface area contributed by atoms with E-state index in [0.29, 0.717) is 23.7 Å². The minimum atomic E-state index is -0.191. The molecule has 3 aromatic carbocycles. The van der Waals surface area contributed by atoms with Crippen molar-refractivity contribution >= 4 is 28.5 Å². The molecule has 2 unspecified atom stereocenters. The number of esters is 1. The topological polar surface area (TPSA) is 65.9 Å². The van der Waals surface area contributed by atoms with Crippen LogP contribution in [0.2, 0.25) is 5.02 Å². The van der Waals surface area contributed by atoms with Gasteiger partial charge in [0.15, 0.2) is 0 Å². The first-order valence-electron chi connectivity index (χ1n) is 12.1. The number of ether oxygens (including phenoxy) is 1. The Bertz CT molecular complexity index is 1400. The van der Waals surface area contributed by atoms with Gasteiger partial charge in [0, 0.05) is 34.0 Å². The fourth-order valence-corrected chi connectivity index (χ4v) is 5.36. The van der Waals surface area contributed by atoms with Crippen molar-refractivity contribution in [2.75, 3.05) is 0 Å². The molecule has 176 valence electrons. The Morgan fingerprint density at radius 2 is 1.89 bits per heavy atom. The van der Waals surface area contributed by atoms with E-state index in [1.165, 1.54) is 22.2 Å². The molecule has 0 bridgehead atoms. The Hall–Kier alpha value is -3.55. The van der Waals surface area contributed by atoms with Crippen LogP contribution in [0.3, 0.4) is 0 Å². The van der Waals surface area contributed by atoms with Gasteiger partial charge < -0.3 is 9.72 Å². The molecule has 1 aliphatic rings. The first-order valence-corrected chi connectivity index (χ1v) is 12.5. The smallest absolute Gasteiger partial charge is 0.311 e. The maximum Gasteiger partial charge on any atom is 0.311 e. The quantitative estimate of drug-likeness (QED) is 0.182. The Morgan fingerprint density at radius 1 is 1.11 bits per heavy atom. The van der Waals surface area contributed by atoms with Gasteiger partial charge in [-0.2, -0.15) is 5.26 Å². The van der Waals surface area contributed by atoms with Gasteiger partial charge in [-0.3, -0.25) is 4.79 Å². The lowest BCUT2D eigenvalue weighted by molar-refractivity contribution is -0.134. The zero-order valence-corrected chi connectivity index (χ0v) is 20.4. The van der Waals surface area contributed by atoms with Gasteiger partial charge in [-0.05, 0) is 92.1 Å². The molecule has 0 fully saturated rings. The van der Waals surface area contributed by atoms with E-state index in [1.807, 2.05) is 61.5 Å². The van der Waals surface area contributed by atoms with Crippen LogP contribution in [0.15, 0.2) is 66.7 Å². The number of H-pyrrole nitrogens is 1. The second-order valence-corrected chi connectivity index (χ2v) is 9.90. The van der Waals surface area contributed by atoms with Gasteiger partial charge >= 0.3 is 5.97 Å². The molecular weight excluding hydrogens is 456 g/mol. The van der Waals surface area contributed by atoms with E-state index in [4.69, 9.17) is 16.3 Å². The minimum Gasteiger partial charge on any atom is -0.427 e. The van der Waals surface area contributed by atoms with Gasteiger partial charge in [0.05, 0.1) is 11.6 Å². The number of aromatic amines is 1. The standard InChI is InChI=1S/C30H27ClN2O2/c1-19-2-11-24(12-3-19)35-29(34)15-7-20-6-13-25-27-17-23(31)10-14-28(27)33-30(25)26(16-20)22-8-4-21(18-32)5-9-22/h2-5,8-12,14,17,20,26,33H,6-7,13,15-16H2,1H3. The van der Waals surface area contributed by atoms with Crippen LogP contribution in [0, 0.1) is 24.2 Å². The van der Waals surface area contributed by atoms with Crippen LogP contribution in [0.5, 0.6) is 5.75 Å². The van der Waals surface area contributed by atoms with E-state index in [9.17, 15) is 10.1 Å². The number of rotatable bonds is 5. The van der Waals surface area contributed by atoms with E-state index in [-0.39, 0.29) is 11.9 Å². The average Bonchev–Trinajstić information content (AvgIpc) is 3.11. The number of nitrogens with zero attached hydrogens (tertiary/aromatic N) is 1. The highest BCUT2D eigenvalue weighted by Gasteiger charge is 2.29. The van der Waals surface area contributed by atoms with E-state index in [0.717, 1.165) is 41.8 Å². The molecule has 1 heterocycles. The zero-order chi connectivity index (χ0) is 24.4. The first kappa shape index (κ1) is 23.2. The van der Waals surface area contributed by atoms with Gasteiger partial charge in [-0.15, -0.1) is 0 Å². The van der Waals surface area contributed by atoms with Crippen molar-refractivity contribution in [2.24, 2.45) is 5.92 Å². The van der Waals surface area contributed by atoms with Gasteiger partial charge in [0.25, 0.3) is 0 Å². The molecule has 0 aliphatic heterocycles. The third kappa shape index (κ3) is 5.11. The van der Waals surface area contributed by atoms with Gasteiger partial charge in [-0.1, -0.05) is 41.4 Å². The van der Waals surface area contributed by atoms with Crippen molar-refractivity contribution < 1.29 is 9.53 Å². The highest BCUT2D eigenvalue weighted by Crippen LogP contribution is 2.42. The summed E-state index contributed by atoms with van der Waals surface area (Å²) in [6.07, 6.45) is 4.02. The number of carbonyl (C=O) groups is 1. The highest BCUT2D eigenvalue weighted by molar-refractivity contribution is 6.31. The van der Waals surface area contributed by atoms with Crippen molar-refractivity contribution in [3.05, 3.63) is 99.7 Å². The van der Waals surface area contributed by atoms with E-state index in [1.54, 1.807) is 0 Å². The number of hydrogen-bond donors (Lipinski definition) is 1. The number of carbonyl (C=O) groups excluding carboxylic acids is 1. The summed E-state index contributed by atoms with van der Waals surface area (Å²) < 4.78 is 5.56. The van der Waals surface area contributed by atoms with Crippen molar-refractivity contribution in [3.63, 3.8) is 0 Å². The van der Waals surface area contributed by atoms with Gasteiger partial charge in [0.1, 0.15) is 5.75 Å². The molecule has 1 N–H and O–H groups in total. The molecule has 0 saturated heterocycles. The van der Waals surface area contributed by atoms with Crippen LogP contribution in [-0.2, 0) is 11.2 Å². The van der Waals surface area contributed by atoms with Crippen LogP contribution < -0.4 is 4.74 Å². The van der Waals surface area contributed by atoms with Crippen molar-refractivity contribution in [2.45, 2.75) is 44.9 Å². The largest absolute Gasteiger partial charge is 0.427 e. The van der Waals surface area contributed by atoms with Crippen LogP contribution in [0.25, 0.3) is 10.9 Å². The molecule has 0 saturated carbocycles. The van der Waals surface area contributed by atoms with E-state index >= 15 is 0 Å². The summed E-state index contributed by atoms with van der Waals surface area (Å²) in [5, 5.41) is 11.1.